The zero-order valence-electron chi connectivity index (χ0n) is 17.7. The Morgan fingerprint density at radius 1 is 1.23 bits per heavy atom. The molecule has 0 fully saturated rings. The van der Waals surface area contributed by atoms with Crippen LogP contribution in [0.3, 0.4) is 0 Å². The van der Waals surface area contributed by atoms with Gasteiger partial charge in [0.25, 0.3) is 0 Å². The first-order chi connectivity index (χ1) is 14.2. The van der Waals surface area contributed by atoms with Gasteiger partial charge in [0.2, 0.25) is 0 Å². The topological polar surface area (TPSA) is 80.7 Å². The van der Waals surface area contributed by atoms with Crippen LogP contribution in [0, 0.1) is 10.8 Å². The minimum Gasteiger partial charge on any atom is -0.488 e. The van der Waals surface area contributed by atoms with Crippen LogP contribution in [0.4, 0.5) is 0 Å². The lowest BCUT2D eigenvalue weighted by molar-refractivity contribution is -0.148. The van der Waals surface area contributed by atoms with E-state index in [4.69, 9.17) is 4.74 Å². The van der Waals surface area contributed by atoms with Gasteiger partial charge in [-0.05, 0) is 63.8 Å². The van der Waals surface area contributed by atoms with Gasteiger partial charge in [-0.2, -0.15) is 0 Å². The Bertz CT molecular complexity index is 1070. The van der Waals surface area contributed by atoms with Crippen molar-refractivity contribution in [3.8, 4) is 5.75 Å². The fraction of sp³-hybridized carbons (Fsp3) is 0.400. The zero-order chi connectivity index (χ0) is 21.8. The molecule has 5 heteroatoms. The van der Waals surface area contributed by atoms with Crippen LogP contribution in [0.1, 0.15) is 62.6 Å². The molecule has 5 nitrogen and oxygen atoms in total. The molecule has 156 valence electrons. The average molecular weight is 406 g/mol. The summed E-state index contributed by atoms with van der Waals surface area (Å²) in [5.74, 6) is -1.51. The standard InChI is InChI=1S/C25H26O5/c1-14(2)8-10-24-11-9-15(3)13-30-18-7-5-6-17-20(18)22(28)25(21(17)27,23(24)29)19(26)12-16(24)4/h5-9,12,21,27H,10-11,13H2,1-4H3/b15-9+/t21-,24+,25-/m1/s1. The Labute approximate surface area is 176 Å². The molecule has 2 aliphatic carbocycles. The van der Waals surface area contributed by atoms with Gasteiger partial charge in [0, 0.05) is 0 Å². The van der Waals surface area contributed by atoms with Crippen molar-refractivity contribution < 1.29 is 24.2 Å². The van der Waals surface area contributed by atoms with Crippen molar-refractivity contribution in [3.63, 3.8) is 0 Å². The predicted octanol–water partition coefficient (Wildman–Crippen LogP) is 4.07. The summed E-state index contributed by atoms with van der Waals surface area (Å²) >= 11 is 0. The van der Waals surface area contributed by atoms with Gasteiger partial charge in [0.15, 0.2) is 22.8 Å². The van der Waals surface area contributed by atoms with Crippen molar-refractivity contribution in [2.45, 2.75) is 46.6 Å². The van der Waals surface area contributed by atoms with Gasteiger partial charge in [-0.3, -0.25) is 14.4 Å². The number of ether oxygens (including phenoxy) is 1. The molecule has 0 saturated carbocycles. The van der Waals surface area contributed by atoms with Crippen molar-refractivity contribution in [2.24, 2.45) is 10.8 Å². The van der Waals surface area contributed by atoms with Crippen LogP contribution < -0.4 is 4.74 Å². The van der Waals surface area contributed by atoms with Gasteiger partial charge in [-0.15, -0.1) is 0 Å². The summed E-state index contributed by atoms with van der Waals surface area (Å²) < 4.78 is 5.88. The van der Waals surface area contributed by atoms with Crippen molar-refractivity contribution >= 4 is 17.3 Å². The maximum Gasteiger partial charge on any atom is 0.191 e. The smallest absolute Gasteiger partial charge is 0.191 e. The highest BCUT2D eigenvalue weighted by molar-refractivity contribution is 6.37. The normalized spacial score (nSPS) is 31.9. The summed E-state index contributed by atoms with van der Waals surface area (Å²) in [6, 6.07) is 4.91. The molecule has 0 radical (unpaired) electrons. The monoisotopic (exact) mass is 406 g/mol. The number of carbonyl (C=O) groups is 3. The molecule has 1 aromatic carbocycles. The Morgan fingerprint density at radius 3 is 2.67 bits per heavy atom. The zero-order valence-corrected chi connectivity index (χ0v) is 17.7. The maximum atomic E-state index is 14.2. The van der Waals surface area contributed by atoms with E-state index in [2.05, 4.69) is 0 Å². The first-order valence-electron chi connectivity index (χ1n) is 10.2. The van der Waals surface area contributed by atoms with Crippen molar-refractivity contribution in [3.05, 3.63) is 64.3 Å². The quantitative estimate of drug-likeness (QED) is 0.591. The number of carbonyl (C=O) groups excluding carboxylic acids is 3. The fourth-order valence-electron chi connectivity index (χ4n) is 4.85. The molecule has 0 aromatic heterocycles. The molecule has 1 heterocycles. The largest absolute Gasteiger partial charge is 0.488 e. The molecule has 1 N–H and O–H groups in total. The number of fused-ring (bicyclic) bond motifs is 1. The molecule has 30 heavy (non-hydrogen) atoms. The van der Waals surface area contributed by atoms with Gasteiger partial charge in [0.1, 0.15) is 18.5 Å². The third-order valence-electron chi connectivity index (χ3n) is 6.75. The molecule has 3 atom stereocenters. The molecule has 1 aromatic rings. The van der Waals surface area contributed by atoms with Crippen LogP contribution in [-0.4, -0.2) is 29.1 Å². The molecular weight excluding hydrogens is 380 g/mol. The van der Waals surface area contributed by atoms with Crippen LogP contribution >= 0.6 is 0 Å². The van der Waals surface area contributed by atoms with Crippen LogP contribution in [-0.2, 0) is 9.59 Å². The van der Waals surface area contributed by atoms with Crippen LogP contribution in [0.2, 0.25) is 0 Å². The van der Waals surface area contributed by atoms with Crippen molar-refractivity contribution in [1.82, 2.24) is 0 Å². The third kappa shape index (κ3) is 2.54. The molecule has 0 amide bonds. The Hall–Kier alpha value is -2.79. The van der Waals surface area contributed by atoms with Crippen molar-refractivity contribution in [2.75, 3.05) is 6.61 Å². The second-order valence-electron chi connectivity index (χ2n) is 8.89. The van der Waals surface area contributed by atoms with E-state index in [1.165, 1.54) is 6.08 Å². The summed E-state index contributed by atoms with van der Waals surface area (Å²) in [5.41, 5.74) is -0.199. The number of hydrogen-bond acceptors (Lipinski definition) is 5. The van der Waals surface area contributed by atoms with Gasteiger partial charge >= 0.3 is 0 Å². The average Bonchev–Trinajstić information content (AvgIpc) is 2.92. The first kappa shape index (κ1) is 20.5. The summed E-state index contributed by atoms with van der Waals surface area (Å²) in [7, 11) is 0. The number of aliphatic hydroxyl groups excluding tert-OH is 1. The minimum atomic E-state index is -2.15. The van der Waals surface area contributed by atoms with Crippen molar-refractivity contribution in [1.29, 1.82) is 0 Å². The molecule has 0 saturated heterocycles. The number of benzene rings is 1. The number of hydrogen-bond donors (Lipinski definition) is 1. The molecule has 3 bridgehead atoms. The molecule has 1 spiro atoms. The minimum absolute atomic E-state index is 0.144. The van der Waals surface area contributed by atoms with E-state index in [9.17, 15) is 19.5 Å². The Kier molecular flexibility index (Phi) is 4.70. The fourth-order valence-corrected chi connectivity index (χ4v) is 4.85. The molecule has 4 rings (SSSR count). The van der Waals surface area contributed by atoms with Crippen LogP contribution in [0.5, 0.6) is 5.75 Å². The highest BCUT2D eigenvalue weighted by atomic mass is 16.5. The summed E-state index contributed by atoms with van der Waals surface area (Å²) in [4.78, 5) is 41.2. The number of allylic oxidation sites excluding steroid dienone is 5. The maximum absolute atomic E-state index is 14.2. The van der Waals surface area contributed by atoms with E-state index in [-0.39, 0.29) is 17.7 Å². The van der Waals surface area contributed by atoms with Gasteiger partial charge in [-0.1, -0.05) is 35.4 Å². The second-order valence-corrected chi connectivity index (χ2v) is 8.89. The van der Waals surface area contributed by atoms with E-state index in [1.807, 2.05) is 32.9 Å². The lowest BCUT2D eigenvalue weighted by Gasteiger charge is -2.43. The van der Waals surface area contributed by atoms with E-state index >= 15 is 0 Å². The van der Waals surface area contributed by atoms with E-state index in [1.54, 1.807) is 25.1 Å². The number of ketones is 3. The summed E-state index contributed by atoms with van der Waals surface area (Å²) in [6.07, 6.45) is 4.48. The lowest BCUT2D eigenvalue weighted by Crippen LogP contribution is -2.56. The molecular formula is C25H26O5. The summed E-state index contributed by atoms with van der Waals surface area (Å²) in [5, 5.41) is 11.2. The van der Waals surface area contributed by atoms with E-state index in [0.717, 1.165) is 11.1 Å². The van der Waals surface area contributed by atoms with Gasteiger partial charge in [-0.25, -0.2) is 0 Å². The Balaban J connectivity index is 2.06. The molecule has 1 aliphatic heterocycles. The van der Waals surface area contributed by atoms with Crippen LogP contribution in [0.15, 0.2) is 53.1 Å². The van der Waals surface area contributed by atoms with E-state index < -0.39 is 34.3 Å². The summed E-state index contributed by atoms with van der Waals surface area (Å²) in [6.45, 7) is 7.84. The predicted molar refractivity (Wildman–Crippen MR) is 112 cm³/mol. The van der Waals surface area contributed by atoms with Crippen LogP contribution in [0.25, 0.3) is 0 Å². The lowest BCUT2D eigenvalue weighted by atomic mass is 9.55. The molecule has 3 aliphatic rings. The second kappa shape index (κ2) is 6.88. The number of rotatable bonds is 2. The SMILES string of the molecule is CC(C)=CC[C@]12C/C=C(\C)COc3cccc4c3C(=O)[C@](C(=O)C=C1C)(C2=O)[C@@H]4O. The first-order valence-corrected chi connectivity index (χ1v) is 10.2. The number of aliphatic hydroxyl groups is 1. The van der Waals surface area contributed by atoms with E-state index in [0.29, 0.717) is 24.2 Å². The highest BCUT2D eigenvalue weighted by Gasteiger charge is 2.68. The number of Topliss-reactive ketones (excluding diaryl/α,β-unsaturated/α-hetero) is 2. The third-order valence-corrected chi connectivity index (χ3v) is 6.75. The van der Waals surface area contributed by atoms with Gasteiger partial charge in [0.05, 0.1) is 11.0 Å². The van der Waals surface area contributed by atoms with Gasteiger partial charge < -0.3 is 9.84 Å². The highest BCUT2D eigenvalue weighted by Crippen LogP contribution is 2.58. The Morgan fingerprint density at radius 2 is 1.97 bits per heavy atom. The molecule has 0 unspecified atom stereocenters.